The molecule has 0 spiro atoms. The lowest BCUT2D eigenvalue weighted by atomic mass is 9.98. The van der Waals surface area contributed by atoms with Crippen LogP contribution in [0.3, 0.4) is 0 Å². The number of aromatic nitrogens is 1. The van der Waals surface area contributed by atoms with Gasteiger partial charge in [-0.15, -0.1) is 0 Å². The minimum atomic E-state index is -0.0742. The van der Waals surface area contributed by atoms with Gasteiger partial charge in [0.25, 0.3) is 0 Å². The van der Waals surface area contributed by atoms with Gasteiger partial charge in [-0.2, -0.15) is 0 Å². The van der Waals surface area contributed by atoms with E-state index in [1.807, 2.05) is 18.2 Å². The summed E-state index contributed by atoms with van der Waals surface area (Å²) < 4.78 is 5.99. The number of ether oxygens (including phenoxy) is 1. The van der Waals surface area contributed by atoms with Gasteiger partial charge in [0.15, 0.2) is 5.78 Å². The second-order valence-corrected chi connectivity index (χ2v) is 8.26. The summed E-state index contributed by atoms with van der Waals surface area (Å²) in [7, 11) is 0. The molecule has 1 aliphatic heterocycles. The van der Waals surface area contributed by atoms with Crippen molar-refractivity contribution < 1.29 is 14.6 Å². The molecule has 1 atom stereocenters. The van der Waals surface area contributed by atoms with Gasteiger partial charge in [-0.3, -0.25) is 4.79 Å². The number of benzene rings is 2. The van der Waals surface area contributed by atoms with E-state index in [0.29, 0.717) is 40.0 Å². The van der Waals surface area contributed by atoms with Gasteiger partial charge >= 0.3 is 0 Å². The number of pyridine rings is 1. The van der Waals surface area contributed by atoms with Crippen LogP contribution in [0.15, 0.2) is 60.8 Å². The van der Waals surface area contributed by atoms with Crippen molar-refractivity contribution in [2.24, 2.45) is 0 Å². The molecule has 3 aromatic rings. The second kappa shape index (κ2) is 9.69. The summed E-state index contributed by atoms with van der Waals surface area (Å²) in [4.78, 5) is 19.3. The molecule has 4 rings (SSSR count). The Morgan fingerprint density at radius 3 is 2.65 bits per heavy atom. The molecule has 1 N–H and O–H groups in total. The molecule has 160 valence electrons. The lowest BCUT2D eigenvalue weighted by molar-refractivity contribution is 0.103. The van der Waals surface area contributed by atoms with Crippen LogP contribution in [-0.2, 0) is 6.42 Å². The molecule has 0 amide bonds. The molecule has 0 bridgehead atoms. The Morgan fingerprint density at radius 2 is 1.90 bits per heavy atom. The monoisotopic (exact) mass is 456 g/mol. The molecule has 0 radical (unpaired) electrons. The number of ketones is 1. The zero-order chi connectivity index (χ0) is 21.8. The number of rotatable bonds is 7. The van der Waals surface area contributed by atoms with Crippen molar-refractivity contribution in [2.75, 3.05) is 24.6 Å². The third-order valence-electron chi connectivity index (χ3n) is 5.32. The standard InChI is InChI=1S/C24H22Cl2N2O3/c25-19-6-3-16(4-7-19)23(30)18-5-8-22(17(14-18)10-13-29)28-12-9-20(15-28)31-24-21(26)2-1-11-27-24/h1-8,11,14,20,29H,9-10,12-13,15H2/t20-/m0/s1. The summed E-state index contributed by atoms with van der Waals surface area (Å²) >= 11 is 12.1. The van der Waals surface area contributed by atoms with Gasteiger partial charge in [-0.1, -0.05) is 23.2 Å². The van der Waals surface area contributed by atoms with E-state index in [0.717, 1.165) is 24.2 Å². The van der Waals surface area contributed by atoms with E-state index in [4.69, 9.17) is 27.9 Å². The third kappa shape index (κ3) is 5.01. The topological polar surface area (TPSA) is 62.7 Å². The average molecular weight is 457 g/mol. The smallest absolute Gasteiger partial charge is 0.232 e. The molecule has 2 aromatic carbocycles. The highest BCUT2D eigenvalue weighted by Gasteiger charge is 2.27. The molecule has 1 aromatic heterocycles. The molecule has 1 aliphatic rings. The maximum Gasteiger partial charge on any atom is 0.232 e. The highest BCUT2D eigenvalue weighted by atomic mass is 35.5. The van der Waals surface area contributed by atoms with Crippen molar-refractivity contribution >= 4 is 34.7 Å². The van der Waals surface area contributed by atoms with Crippen molar-refractivity contribution in [3.05, 3.63) is 87.5 Å². The number of hydrogen-bond acceptors (Lipinski definition) is 5. The maximum absolute atomic E-state index is 12.9. The number of aliphatic hydroxyl groups is 1. The number of anilines is 1. The Morgan fingerprint density at radius 1 is 1.13 bits per heavy atom. The quantitative estimate of drug-likeness (QED) is 0.516. The number of carbonyl (C=O) groups excluding carboxylic acids is 1. The van der Waals surface area contributed by atoms with Gasteiger partial charge in [0, 0.05) is 47.6 Å². The van der Waals surface area contributed by atoms with E-state index in [-0.39, 0.29) is 18.5 Å². The lowest BCUT2D eigenvalue weighted by Crippen LogP contribution is -2.26. The van der Waals surface area contributed by atoms with Crippen molar-refractivity contribution in [3.8, 4) is 5.88 Å². The summed E-state index contributed by atoms with van der Waals surface area (Å²) in [6.45, 7) is 1.48. The zero-order valence-electron chi connectivity index (χ0n) is 16.8. The molecular formula is C24H22Cl2N2O3. The van der Waals surface area contributed by atoms with Gasteiger partial charge in [0.1, 0.15) is 11.1 Å². The number of nitrogens with zero attached hydrogens (tertiary/aromatic N) is 2. The van der Waals surface area contributed by atoms with Gasteiger partial charge in [0.2, 0.25) is 5.88 Å². The van der Waals surface area contributed by atoms with Crippen LogP contribution >= 0.6 is 23.2 Å². The fourth-order valence-electron chi connectivity index (χ4n) is 3.78. The molecule has 7 heteroatoms. The third-order valence-corrected chi connectivity index (χ3v) is 5.86. The van der Waals surface area contributed by atoms with Crippen molar-refractivity contribution in [1.82, 2.24) is 4.98 Å². The molecule has 31 heavy (non-hydrogen) atoms. The molecule has 5 nitrogen and oxygen atoms in total. The van der Waals surface area contributed by atoms with Crippen LogP contribution in [0.1, 0.15) is 27.9 Å². The minimum Gasteiger partial charge on any atom is -0.471 e. The summed E-state index contributed by atoms with van der Waals surface area (Å²) in [6.07, 6.45) is 2.91. The molecule has 1 fully saturated rings. The Hall–Kier alpha value is -2.60. The van der Waals surface area contributed by atoms with E-state index in [9.17, 15) is 9.90 Å². The first kappa shape index (κ1) is 21.6. The van der Waals surface area contributed by atoms with E-state index in [1.165, 1.54) is 0 Å². The van der Waals surface area contributed by atoms with E-state index < -0.39 is 0 Å². The fraction of sp³-hybridized carbons (Fsp3) is 0.250. The Balaban J connectivity index is 1.52. The molecule has 1 saturated heterocycles. The molecule has 0 saturated carbocycles. The summed E-state index contributed by atoms with van der Waals surface area (Å²) in [6, 6.07) is 16.0. The lowest BCUT2D eigenvalue weighted by Gasteiger charge is -2.23. The van der Waals surface area contributed by atoms with Crippen LogP contribution in [0.4, 0.5) is 5.69 Å². The minimum absolute atomic E-state index is 0.00288. The highest BCUT2D eigenvalue weighted by molar-refractivity contribution is 6.31. The first-order valence-electron chi connectivity index (χ1n) is 10.1. The Kier molecular flexibility index (Phi) is 6.76. The van der Waals surface area contributed by atoms with E-state index >= 15 is 0 Å². The number of aliphatic hydroxyl groups excluding tert-OH is 1. The van der Waals surface area contributed by atoms with Crippen LogP contribution in [0.2, 0.25) is 10.0 Å². The first-order valence-corrected chi connectivity index (χ1v) is 10.9. The second-order valence-electron chi connectivity index (χ2n) is 7.42. The van der Waals surface area contributed by atoms with Crippen LogP contribution < -0.4 is 9.64 Å². The van der Waals surface area contributed by atoms with Crippen LogP contribution in [-0.4, -0.2) is 41.7 Å². The van der Waals surface area contributed by atoms with Gasteiger partial charge in [0.05, 0.1) is 6.54 Å². The van der Waals surface area contributed by atoms with Crippen molar-refractivity contribution in [1.29, 1.82) is 0 Å². The summed E-state index contributed by atoms with van der Waals surface area (Å²) in [5.41, 5.74) is 3.09. The number of hydrogen-bond donors (Lipinski definition) is 1. The molecule has 0 aliphatic carbocycles. The molecule has 2 heterocycles. The normalized spacial score (nSPS) is 15.8. The summed E-state index contributed by atoms with van der Waals surface area (Å²) in [5.74, 6) is 0.366. The van der Waals surface area contributed by atoms with Gasteiger partial charge in [-0.05, 0) is 66.6 Å². The SMILES string of the molecule is O=C(c1ccc(Cl)cc1)c1ccc(N2CC[C@H](Oc3ncccc3Cl)C2)c(CCO)c1. The highest BCUT2D eigenvalue weighted by Crippen LogP contribution is 2.30. The van der Waals surface area contributed by atoms with E-state index in [1.54, 1.807) is 42.6 Å². The predicted molar refractivity (Wildman–Crippen MR) is 123 cm³/mol. The van der Waals surface area contributed by atoms with Gasteiger partial charge in [-0.25, -0.2) is 4.98 Å². The van der Waals surface area contributed by atoms with Gasteiger partial charge < -0.3 is 14.7 Å². The van der Waals surface area contributed by atoms with Crippen LogP contribution in [0, 0.1) is 0 Å². The van der Waals surface area contributed by atoms with Crippen molar-refractivity contribution in [3.63, 3.8) is 0 Å². The predicted octanol–water partition coefficient (Wildman–Crippen LogP) is 4.81. The fourth-order valence-corrected chi connectivity index (χ4v) is 4.07. The number of halogens is 2. The Bertz CT molecular complexity index is 1070. The maximum atomic E-state index is 12.9. The van der Waals surface area contributed by atoms with Crippen molar-refractivity contribution in [2.45, 2.75) is 18.9 Å². The number of carbonyl (C=O) groups is 1. The Labute approximate surface area is 191 Å². The molecule has 0 unspecified atom stereocenters. The first-order chi connectivity index (χ1) is 15.0. The average Bonchev–Trinajstić information content (AvgIpc) is 3.24. The van der Waals surface area contributed by atoms with Crippen LogP contribution in [0.5, 0.6) is 5.88 Å². The zero-order valence-corrected chi connectivity index (χ0v) is 18.3. The van der Waals surface area contributed by atoms with E-state index in [2.05, 4.69) is 9.88 Å². The molecular weight excluding hydrogens is 435 g/mol. The van der Waals surface area contributed by atoms with Crippen LogP contribution in [0.25, 0.3) is 0 Å². The largest absolute Gasteiger partial charge is 0.471 e. The summed E-state index contributed by atoms with van der Waals surface area (Å²) in [5, 5.41) is 10.7.